The van der Waals surface area contributed by atoms with Gasteiger partial charge in [-0.3, -0.25) is 0 Å². The zero-order chi connectivity index (χ0) is 13.1. The Morgan fingerprint density at radius 2 is 1.83 bits per heavy atom. The Morgan fingerprint density at radius 1 is 1.17 bits per heavy atom. The number of rotatable bonds is 2. The average molecular weight is 243 g/mol. The molecule has 1 aliphatic rings. The van der Waals surface area contributed by atoms with Crippen molar-refractivity contribution in [2.45, 2.75) is 46.1 Å². The highest BCUT2D eigenvalue weighted by molar-refractivity contribution is 5.41. The first kappa shape index (κ1) is 13.0. The van der Waals surface area contributed by atoms with Crippen LogP contribution in [0.15, 0.2) is 18.2 Å². The Morgan fingerprint density at radius 3 is 2.39 bits per heavy atom. The Kier molecular flexibility index (Phi) is 3.91. The van der Waals surface area contributed by atoms with E-state index in [4.69, 9.17) is 10.00 Å². The smallest absolute Gasteiger partial charge is 0.120 e. The van der Waals surface area contributed by atoms with Crippen molar-refractivity contribution < 1.29 is 4.74 Å². The maximum absolute atomic E-state index is 8.91. The molecule has 0 N–H and O–H groups in total. The molecule has 96 valence electrons. The third kappa shape index (κ3) is 3.04. The largest absolute Gasteiger partial charge is 0.490 e. The Labute approximate surface area is 110 Å². The lowest BCUT2D eigenvalue weighted by Gasteiger charge is -2.31. The molecule has 0 aliphatic heterocycles. The number of benzene rings is 1. The fourth-order valence-electron chi connectivity index (χ4n) is 3.00. The van der Waals surface area contributed by atoms with Crippen molar-refractivity contribution in [3.63, 3.8) is 0 Å². The number of ether oxygens (including phenoxy) is 1. The second-order valence-corrected chi connectivity index (χ2v) is 5.75. The van der Waals surface area contributed by atoms with Crippen LogP contribution in [0.1, 0.15) is 44.2 Å². The van der Waals surface area contributed by atoms with Crippen molar-refractivity contribution in [2.75, 3.05) is 0 Å². The molecule has 0 saturated heterocycles. The first-order chi connectivity index (χ1) is 8.58. The maximum atomic E-state index is 8.91. The van der Waals surface area contributed by atoms with Gasteiger partial charge in [0.05, 0.1) is 17.7 Å². The van der Waals surface area contributed by atoms with E-state index in [0.29, 0.717) is 6.10 Å². The van der Waals surface area contributed by atoms with E-state index in [9.17, 15) is 0 Å². The highest BCUT2D eigenvalue weighted by Gasteiger charge is 2.25. The molecule has 2 rings (SSSR count). The van der Waals surface area contributed by atoms with Gasteiger partial charge in [-0.15, -0.1) is 0 Å². The SMILES string of the molecule is Cc1cc(OC2CC(C)CC(C)C2)ccc1C#N. The molecular formula is C16H21NO. The monoisotopic (exact) mass is 243 g/mol. The molecule has 2 atom stereocenters. The summed E-state index contributed by atoms with van der Waals surface area (Å²) in [4.78, 5) is 0. The molecule has 0 heterocycles. The minimum absolute atomic E-state index is 0.330. The minimum Gasteiger partial charge on any atom is -0.490 e. The topological polar surface area (TPSA) is 33.0 Å². The number of nitriles is 1. The van der Waals surface area contributed by atoms with Crippen molar-refractivity contribution in [2.24, 2.45) is 11.8 Å². The van der Waals surface area contributed by atoms with E-state index in [2.05, 4.69) is 19.9 Å². The summed E-state index contributed by atoms with van der Waals surface area (Å²) in [5.74, 6) is 2.40. The Bertz CT molecular complexity index is 451. The van der Waals surface area contributed by atoms with E-state index in [1.165, 1.54) is 6.42 Å². The zero-order valence-corrected chi connectivity index (χ0v) is 11.4. The third-order valence-corrected chi connectivity index (χ3v) is 3.76. The summed E-state index contributed by atoms with van der Waals surface area (Å²) in [5, 5.41) is 8.91. The van der Waals surface area contributed by atoms with Crippen LogP contribution in [0.25, 0.3) is 0 Å². The van der Waals surface area contributed by atoms with E-state index >= 15 is 0 Å². The first-order valence-corrected chi connectivity index (χ1v) is 6.76. The number of nitrogens with zero attached hydrogens (tertiary/aromatic N) is 1. The van der Waals surface area contributed by atoms with Crippen LogP contribution in [-0.4, -0.2) is 6.10 Å². The van der Waals surface area contributed by atoms with Crippen molar-refractivity contribution in [1.82, 2.24) is 0 Å². The third-order valence-electron chi connectivity index (χ3n) is 3.76. The van der Waals surface area contributed by atoms with Gasteiger partial charge in [0.15, 0.2) is 0 Å². The summed E-state index contributed by atoms with van der Waals surface area (Å²) in [6, 6.07) is 7.92. The van der Waals surface area contributed by atoms with Crippen molar-refractivity contribution in [3.05, 3.63) is 29.3 Å². The molecular weight excluding hydrogens is 222 g/mol. The quantitative estimate of drug-likeness (QED) is 0.784. The molecule has 1 saturated carbocycles. The molecule has 18 heavy (non-hydrogen) atoms. The molecule has 2 heteroatoms. The molecule has 0 radical (unpaired) electrons. The van der Waals surface area contributed by atoms with Crippen LogP contribution in [0.2, 0.25) is 0 Å². The van der Waals surface area contributed by atoms with Crippen LogP contribution < -0.4 is 4.74 Å². The second-order valence-electron chi connectivity index (χ2n) is 5.75. The number of hydrogen-bond acceptors (Lipinski definition) is 2. The Balaban J connectivity index is 2.05. The number of aryl methyl sites for hydroxylation is 1. The summed E-state index contributed by atoms with van der Waals surface area (Å²) in [7, 11) is 0. The van der Waals surface area contributed by atoms with Gasteiger partial charge < -0.3 is 4.74 Å². The van der Waals surface area contributed by atoms with Gasteiger partial charge in [-0.05, 0) is 61.8 Å². The summed E-state index contributed by atoms with van der Waals surface area (Å²) in [5.41, 5.74) is 1.72. The highest BCUT2D eigenvalue weighted by Crippen LogP contribution is 2.31. The van der Waals surface area contributed by atoms with Crippen LogP contribution in [0.5, 0.6) is 5.75 Å². The summed E-state index contributed by atoms with van der Waals surface area (Å²) >= 11 is 0. The normalized spacial score (nSPS) is 27.6. The molecule has 1 aromatic rings. The predicted octanol–water partition coefficient (Wildman–Crippen LogP) is 4.07. The van der Waals surface area contributed by atoms with Gasteiger partial charge in [0, 0.05) is 0 Å². The van der Waals surface area contributed by atoms with E-state index in [-0.39, 0.29) is 0 Å². The highest BCUT2D eigenvalue weighted by atomic mass is 16.5. The molecule has 0 aromatic heterocycles. The molecule has 2 unspecified atom stereocenters. The Hall–Kier alpha value is -1.49. The minimum atomic E-state index is 0.330. The predicted molar refractivity (Wildman–Crippen MR) is 72.5 cm³/mol. The van der Waals surface area contributed by atoms with Gasteiger partial charge in [0.25, 0.3) is 0 Å². The van der Waals surface area contributed by atoms with Gasteiger partial charge in [0.2, 0.25) is 0 Å². The van der Waals surface area contributed by atoms with Crippen LogP contribution in [-0.2, 0) is 0 Å². The molecule has 0 bridgehead atoms. The fraction of sp³-hybridized carbons (Fsp3) is 0.562. The average Bonchev–Trinajstić information content (AvgIpc) is 2.27. The van der Waals surface area contributed by atoms with Crippen LogP contribution in [0.3, 0.4) is 0 Å². The van der Waals surface area contributed by atoms with Crippen molar-refractivity contribution in [1.29, 1.82) is 5.26 Å². The molecule has 2 nitrogen and oxygen atoms in total. The van der Waals surface area contributed by atoms with Crippen molar-refractivity contribution >= 4 is 0 Å². The molecule has 1 aromatic carbocycles. The van der Waals surface area contributed by atoms with Gasteiger partial charge in [-0.2, -0.15) is 5.26 Å². The summed E-state index contributed by atoms with van der Waals surface area (Å²) in [6.07, 6.45) is 3.93. The molecule has 0 spiro atoms. The standard InChI is InChI=1S/C16H21NO/c1-11-6-12(2)8-16(7-11)18-15-5-4-14(10-17)13(3)9-15/h4-5,9,11-12,16H,6-8H2,1-3H3. The molecule has 0 amide bonds. The van der Waals surface area contributed by atoms with Gasteiger partial charge >= 0.3 is 0 Å². The lowest BCUT2D eigenvalue weighted by molar-refractivity contribution is 0.101. The first-order valence-electron chi connectivity index (χ1n) is 6.76. The number of hydrogen-bond donors (Lipinski definition) is 0. The van der Waals surface area contributed by atoms with E-state index in [0.717, 1.165) is 41.6 Å². The molecule has 1 aliphatic carbocycles. The summed E-state index contributed by atoms with van der Waals surface area (Å²) in [6.45, 7) is 6.56. The van der Waals surface area contributed by atoms with Crippen molar-refractivity contribution in [3.8, 4) is 11.8 Å². The van der Waals surface area contributed by atoms with Gasteiger partial charge in [0.1, 0.15) is 5.75 Å². The fourth-order valence-corrected chi connectivity index (χ4v) is 3.00. The summed E-state index contributed by atoms with van der Waals surface area (Å²) < 4.78 is 6.07. The van der Waals surface area contributed by atoms with E-state index in [1.54, 1.807) is 0 Å². The lowest BCUT2D eigenvalue weighted by Crippen LogP contribution is -2.28. The van der Waals surface area contributed by atoms with E-state index < -0.39 is 0 Å². The van der Waals surface area contributed by atoms with Crippen LogP contribution in [0.4, 0.5) is 0 Å². The second kappa shape index (κ2) is 5.44. The van der Waals surface area contributed by atoms with E-state index in [1.807, 2.05) is 25.1 Å². The lowest BCUT2D eigenvalue weighted by atomic mass is 9.82. The van der Waals surface area contributed by atoms with Crippen LogP contribution >= 0.6 is 0 Å². The molecule has 1 fully saturated rings. The maximum Gasteiger partial charge on any atom is 0.120 e. The van der Waals surface area contributed by atoms with Gasteiger partial charge in [-0.25, -0.2) is 0 Å². The van der Waals surface area contributed by atoms with Crippen LogP contribution in [0, 0.1) is 30.1 Å². The zero-order valence-electron chi connectivity index (χ0n) is 11.4. The van der Waals surface area contributed by atoms with Gasteiger partial charge in [-0.1, -0.05) is 13.8 Å².